The van der Waals surface area contributed by atoms with E-state index in [0.29, 0.717) is 10.1 Å². The Labute approximate surface area is 128 Å². The molecule has 2 N–H and O–H groups in total. The van der Waals surface area contributed by atoms with Crippen LogP contribution in [0.25, 0.3) is 0 Å². The van der Waals surface area contributed by atoms with Gasteiger partial charge in [0.15, 0.2) is 0 Å². The van der Waals surface area contributed by atoms with Crippen LogP contribution in [0.5, 0.6) is 0 Å². The summed E-state index contributed by atoms with van der Waals surface area (Å²) in [4.78, 5) is 23.2. The molecule has 1 atom stereocenters. The van der Waals surface area contributed by atoms with E-state index in [1.54, 1.807) is 6.92 Å². The molecule has 0 radical (unpaired) electrons. The molecule has 1 unspecified atom stereocenters. The van der Waals surface area contributed by atoms with Crippen molar-refractivity contribution in [3.05, 3.63) is 57.4 Å². The van der Waals surface area contributed by atoms with Gasteiger partial charge in [-0.05, 0) is 36.3 Å². The topological polar surface area (TPSA) is 74.6 Å². The number of carbonyl (C=O) groups is 2. The van der Waals surface area contributed by atoms with Gasteiger partial charge in [0.25, 0.3) is 0 Å². The summed E-state index contributed by atoms with van der Waals surface area (Å²) in [5.41, 5.74) is -0.932. The average Bonchev–Trinajstić information content (AvgIpc) is 2.41. The van der Waals surface area contributed by atoms with Crippen LogP contribution in [-0.2, 0) is 15.0 Å². The molecule has 1 aliphatic rings. The Balaban J connectivity index is 2.67. The zero-order valence-corrected chi connectivity index (χ0v) is 12.6. The molecule has 1 aromatic rings. The van der Waals surface area contributed by atoms with E-state index in [1.807, 2.05) is 0 Å². The molecule has 4 nitrogen and oxygen atoms in total. The Morgan fingerprint density at radius 2 is 2.00 bits per heavy atom. The molecule has 0 fully saturated rings. The summed E-state index contributed by atoms with van der Waals surface area (Å²) < 4.78 is 13.8. The summed E-state index contributed by atoms with van der Waals surface area (Å²) >= 11 is 3.20. The van der Waals surface area contributed by atoms with E-state index < -0.39 is 23.2 Å². The summed E-state index contributed by atoms with van der Waals surface area (Å²) in [6, 6.07) is 5.21. The van der Waals surface area contributed by atoms with E-state index in [0.717, 1.165) is 6.07 Å². The van der Waals surface area contributed by atoms with Gasteiger partial charge in [-0.2, -0.15) is 0 Å². The third kappa shape index (κ3) is 2.63. The third-order valence-corrected chi connectivity index (χ3v) is 4.44. The molecule has 0 spiro atoms. The van der Waals surface area contributed by atoms with Crippen LogP contribution < -0.4 is 0 Å². The zero-order valence-electron chi connectivity index (χ0n) is 11.1. The van der Waals surface area contributed by atoms with Gasteiger partial charge in [0, 0.05) is 16.5 Å². The predicted molar refractivity (Wildman–Crippen MR) is 77.7 cm³/mol. The second-order valence-electron chi connectivity index (χ2n) is 4.86. The number of aliphatic carboxylic acids is 2. The van der Waals surface area contributed by atoms with Gasteiger partial charge in [-0.3, -0.25) is 4.79 Å². The van der Waals surface area contributed by atoms with Crippen molar-refractivity contribution in [3.8, 4) is 0 Å². The first-order valence-electron chi connectivity index (χ1n) is 6.09. The Kier molecular flexibility index (Phi) is 4.00. The minimum absolute atomic E-state index is 0.00367. The van der Waals surface area contributed by atoms with Crippen molar-refractivity contribution in [2.75, 3.05) is 0 Å². The number of hydrogen-bond donors (Lipinski definition) is 2. The highest BCUT2D eigenvalue weighted by atomic mass is 79.9. The fraction of sp³-hybridized carbons (Fsp3) is 0.200. The average molecular weight is 355 g/mol. The van der Waals surface area contributed by atoms with Crippen molar-refractivity contribution in [3.63, 3.8) is 0 Å². The van der Waals surface area contributed by atoms with Crippen LogP contribution in [-0.4, -0.2) is 22.2 Å². The molecule has 110 valence electrons. The zero-order chi connectivity index (χ0) is 15.8. The molecule has 0 bridgehead atoms. The number of allylic oxidation sites excluding steroid dienone is 2. The number of benzene rings is 1. The van der Waals surface area contributed by atoms with Crippen LogP contribution in [0.4, 0.5) is 4.39 Å². The normalized spacial score (nSPS) is 22.0. The molecule has 21 heavy (non-hydrogen) atoms. The lowest BCUT2D eigenvalue weighted by Gasteiger charge is -2.31. The molecule has 6 heteroatoms. The van der Waals surface area contributed by atoms with Gasteiger partial charge in [0.2, 0.25) is 0 Å². The summed E-state index contributed by atoms with van der Waals surface area (Å²) in [6.45, 7) is 1.60. The van der Waals surface area contributed by atoms with Crippen molar-refractivity contribution in [2.45, 2.75) is 18.8 Å². The maximum atomic E-state index is 13.4. The fourth-order valence-corrected chi connectivity index (χ4v) is 3.01. The standard InChI is InChI=1S/C15H12BrFO4/c1-8-11(13(18)19)6-15(14(20)21,7-12(8)16)9-3-2-4-10(17)5-9/h2-5,7H,6H2,1H3,(H,18,19)(H,20,21). The Morgan fingerprint density at radius 1 is 1.33 bits per heavy atom. The number of rotatable bonds is 3. The van der Waals surface area contributed by atoms with Crippen LogP contribution >= 0.6 is 15.9 Å². The number of carboxylic acids is 2. The Bertz CT molecular complexity index is 693. The Hall–Kier alpha value is -1.95. The van der Waals surface area contributed by atoms with E-state index in [-0.39, 0.29) is 17.6 Å². The van der Waals surface area contributed by atoms with Gasteiger partial charge < -0.3 is 10.2 Å². The molecular formula is C15H12BrFO4. The lowest BCUT2D eigenvalue weighted by Crippen LogP contribution is -2.37. The van der Waals surface area contributed by atoms with E-state index >= 15 is 0 Å². The molecular weight excluding hydrogens is 343 g/mol. The van der Waals surface area contributed by atoms with E-state index in [1.165, 1.54) is 24.3 Å². The molecule has 0 amide bonds. The van der Waals surface area contributed by atoms with Gasteiger partial charge in [0.05, 0.1) is 0 Å². The van der Waals surface area contributed by atoms with Crippen LogP contribution in [0.15, 0.2) is 46.0 Å². The molecule has 1 aliphatic carbocycles. The predicted octanol–water partition coefficient (Wildman–Crippen LogP) is 3.23. The fourth-order valence-electron chi connectivity index (χ4n) is 2.38. The van der Waals surface area contributed by atoms with Crippen molar-refractivity contribution >= 4 is 27.9 Å². The highest BCUT2D eigenvalue weighted by Gasteiger charge is 2.44. The molecule has 0 saturated carbocycles. The molecule has 2 rings (SSSR count). The largest absolute Gasteiger partial charge is 0.480 e. The molecule has 0 heterocycles. The van der Waals surface area contributed by atoms with Crippen molar-refractivity contribution in [2.24, 2.45) is 0 Å². The number of carboxylic acid groups (broad SMARTS) is 2. The van der Waals surface area contributed by atoms with Gasteiger partial charge in [-0.25, -0.2) is 9.18 Å². The van der Waals surface area contributed by atoms with E-state index in [4.69, 9.17) is 0 Å². The lowest BCUT2D eigenvalue weighted by atomic mass is 9.71. The summed E-state index contributed by atoms with van der Waals surface area (Å²) in [5, 5.41) is 18.9. The third-order valence-electron chi connectivity index (χ3n) is 3.62. The second-order valence-corrected chi connectivity index (χ2v) is 5.72. The van der Waals surface area contributed by atoms with Crippen LogP contribution in [0, 0.1) is 5.82 Å². The van der Waals surface area contributed by atoms with Crippen molar-refractivity contribution in [1.82, 2.24) is 0 Å². The first-order valence-corrected chi connectivity index (χ1v) is 6.88. The van der Waals surface area contributed by atoms with Gasteiger partial charge in [-0.1, -0.05) is 28.1 Å². The minimum atomic E-state index is -1.60. The summed E-state index contributed by atoms with van der Waals surface area (Å²) in [7, 11) is 0. The minimum Gasteiger partial charge on any atom is -0.480 e. The van der Waals surface area contributed by atoms with E-state index in [2.05, 4.69) is 15.9 Å². The van der Waals surface area contributed by atoms with Crippen LogP contribution in [0.3, 0.4) is 0 Å². The first kappa shape index (κ1) is 15.4. The molecule has 0 aliphatic heterocycles. The van der Waals surface area contributed by atoms with Crippen molar-refractivity contribution < 1.29 is 24.2 Å². The molecule has 1 aromatic carbocycles. The summed E-state index contributed by atoms with van der Waals surface area (Å²) in [5.74, 6) is -2.98. The van der Waals surface area contributed by atoms with Gasteiger partial charge in [-0.15, -0.1) is 0 Å². The van der Waals surface area contributed by atoms with Crippen molar-refractivity contribution in [1.29, 1.82) is 0 Å². The van der Waals surface area contributed by atoms with Crippen LogP contribution in [0.1, 0.15) is 18.9 Å². The SMILES string of the molecule is CC1=C(C(=O)O)CC(C(=O)O)(c2cccc(F)c2)C=C1Br. The van der Waals surface area contributed by atoms with Gasteiger partial charge >= 0.3 is 11.9 Å². The monoisotopic (exact) mass is 354 g/mol. The highest BCUT2D eigenvalue weighted by molar-refractivity contribution is 9.12. The lowest BCUT2D eigenvalue weighted by molar-refractivity contribution is -0.142. The summed E-state index contributed by atoms with van der Waals surface area (Å²) in [6.07, 6.45) is 1.19. The quantitative estimate of drug-likeness (QED) is 0.873. The maximum absolute atomic E-state index is 13.4. The number of halogens is 2. The molecule has 0 aromatic heterocycles. The smallest absolute Gasteiger partial charge is 0.331 e. The number of hydrogen-bond acceptors (Lipinski definition) is 2. The van der Waals surface area contributed by atoms with Crippen LogP contribution in [0.2, 0.25) is 0 Å². The highest BCUT2D eigenvalue weighted by Crippen LogP contribution is 2.42. The van der Waals surface area contributed by atoms with E-state index in [9.17, 15) is 24.2 Å². The second kappa shape index (κ2) is 5.44. The molecule has 0 saturated heterocycles. The van der Waals surface area contributed by atoms with Gasteiger partial charge in [0.1, 0.15) is 11.2 Å². The maximum Gasteiger partial charge on any atom is 0.331 e. The Morgan fingerprint density at radius 3 is 2.52 bits per heavy atom. The first-order chi connectivity index (χ1) is 9.78.